The van der Waals surface area contributed by atoms with Crippen LogP contribution in [0.2, 0.25) is 0 Å². The van der Waals surface area contributed by atoms with Gasteiger partial charge in [0.05, 0.1) is 6.42 Å². The second kappa shape index (κ2) is 6.34. The van der Waals surface area contributed by atoms with Crippen LogP contribution in [-0.4, -0.2) is 26.8 Å². The first-order valence-corrected chi connectivity index (χ1v) is 5.22. The molecule has 0 rings (SSSR count). The summed E-state index contributed by atoms with van der Waals surface area (Å²) in [4.78, 5) is 10.0. The largest absolute Gasteiger partial charge is 0.481 e. The van der Waals surface area contributed by atoms with Crippen molar-refractivity contribution in [3.8, 4) is 0 Å². The molecule has 0 spiro atoms. The van der Waals surface area contributed by atoms with Gasteiger partial charge in [0.2, 0.25) is 0 Å². The number of carboxylic acids is 1. The van der Waals surface area contributed by atoms with Crippen molar-refractivity contribution in [3.63, 3.8) is 0 Å². The average Bonchev–Trinajstić information content (AvgIpc) is 1.97. The van der Waals surface area contributed by atoms with Gasteiger partial charge in [-0.05, 0) is 6.42 Å². The molecule has 0 aromatic heterocycles. The van der Waals surface area contributed by atoms with Gasteiger partial charge in [0, 0.05) is 22.3 Å². The lowest BCUT2D eigenvalue weighted by Crippen LogP contribution is -2.07. The van der Waals surface area contributed by atoms with Gasteiger partial charge >= 0.3 is 5.97 Å². The van der Waals surface area contributed by atoms with Gasteiger partial charge in [0.1, 0.15) is 0 Å². The second-order valence-electron chi connectivity index (χ2n) is 2.35. The van der Waals surface area contributed by atoms with Crippen molar-refractivity contribution in [3.05, 3.63) is 0 Å². The average molecular weight is 178 g/mol. The van der Waals surface area contributed by atoms with Gasteiger partial charge in [-0.2, -0.15) is 0 Å². The third-order valence-electron chi connectivity index (χ3n) is 1.27. The van der Waals surface area contributed by atoms with Crippen LogP contribution >= 0.6 is 0 Å². The van der Waals surface area contributed by atoms with Crippen LogP contribution in [0.5, 0.6) is 0 Å². The van der Waals surface area contributed by atoms with Crippen molar-refractivity contribution in [2.75, 3.05) is 11.5 Å². The molecule has 0 aliphatic carbocycles. The van der Waals surface area contributed by atoms with Crippen LogP contribution in [0.3, 0.4) is 0 Å². The molecule has 0 fully saturated rings. The molecular formula is C7H14O3S. The van der Waals surface area contributed by atoms with Crippen molar-refractivity contribution in [1.29, 1.82) is 0 Å². The molecule has 0 aromatic rings. The first kappa shape index (κ1) is 10.6. The predicted molar refractivity (Wildman–Crippen MR) is 45.0 cm³/mol. The normalized spacial score (nSPS) is 12.8. The van der Waals surface area contributed by atoms with Crippen molar-refractivity contribution in [2.24, 2.45) is 0 Å². The van der Waals surface area contributed by atoms with E-state index < -0.39 is 16.8 Å². The van der Waals surface area contributed by atoms with Crippen LogP contribution in [-0.2, 0) is 15.6 Å². The summed E-state index contributed by atoms with van der Waals surface area (Å²) in [6.07, 6.45) is 1.96. The Morgan fingerprint density at radius 2 is 2.09 bits per heavy atom. The summed E-state index contributed by atoms with van der Waals surface area (Å²) in [7, 11) is -0.921. The van der Waals surface area contributed by atoms with Crippen LogP contribution in [0, 0.1) is 0 Å². The van der Waals surface area contributed by atoms with E-state index in [1.54, 1.807) is 0 Å². The summed E-state index contributed by atoms with van der Waals surface area (Å²) in [5, 5.41) is 8.25. The molecule has 1 atom stereocenters. The highest BCUT2D eigenvalue weighted by Crippen LogP contribution is 1.94. The van der Waals surface area contributed by atoms with Crippen LogP contribution < -0.4 is 0 Å². The summed E-state index contributed by atoms with van der Waals surface area (Å²) in [5.41, 5.74) is 0. The fourth-order valence-electron chi connectivity index (χ4n) is 0.609. The molecule has 66 valence electrons. The third-order valence-corrected chi connectivity index (χ3v) is 2.67. The number of hydrogen-bond acceptors (Lipinski definition) is 2. The van der Waals surface area contributed by atoms with Gasteiger partial charge in [0.25, 0.3) is 0 Å². The lowest BCUT2D eigenvalue weighted by atomic mass is 10.4. The van der Waals surface area contributed by atoms with Crippen molar-refractivity contribution in [2.45, 2.75) is 26.2 Å². The zero-order valence-electron chi connectivity index (χ0n) is 6.71. The van der Waals surface area contributed by atoms with Gasteiger partial charge in [0.15, 0.2) is 0 Å². The Labute approximate surface area is 69.3 Å². The lowest BCUT2D eigenvalue weighted by molar-refractivity contribution is -0.136. The Morgan fingerprint density at radius 1 is 1.45 bits per heavy atom. The van der Waals surface area contributed by atoms with Gasteiger partial charge in [-0.25, -0.2) is 0 Å². The smallest absolute Gasteiger partial charge is 0.304 e. The molecule has 3 nitrogen and oxygen atoms in total. The molecule has 0 radical (unpaired) electrons. The fraction of sp³-hybridized carbons (Fsp3) is 0.857. The summed E-state index contributed by atoms with van der Waals surface area (Å²) in [5.74, 6) is 0.0777. The Kier molecular flexibility index (Phi) is 6.12. The van der Waals surface area contributed by atoms with Crippen molar-refractivity contribution >= 4 is 16.8 Å². The Hall–Kier alpha value is -0.380. The number of hydrogen-bond donors (Lipinski definition) is 1. The molecular weight excluding hydrogens is 164 g/mol. The topological polar surface area (TPSA) is 54.4 Å². The van der Waals surface area contributed by atoms with E-state index in [1.807, 2.05) is 6.92 Å². The number of rotatable bonds is 6. The minimum atomic E-state index is -0.921. The molecule has 0 aliphatic rings. The van der Waals surface area contributed by atoms with Gasteiger partial charge in [-0.3, -0.25) is 9.00 Å². The zero-order valence-corrected chi connectivity index (χ0v) is 7.52. The molecule has 1 N–H and O–H groups in total. The van der Waals surface area contributed by atoms with Crippen LogP contribution in [0.15, 0.2) is 0 Å². The minimum absolute atomic E-state index is 0.0241. The van der Waals surface area contributed by atoms with Gasteiger partial charge in [-0.15, -0.1) is 0 Å². The molecule has 11 heavy (non-hydrogen) atoms. The zero-order chi connectivity index (χ0) is 8.69. The number of unbranched alkanes of at least 4 members (excludes halogenated alkanes) is 1. The molecule has 0 saturated heterocycles. The summed E-state index contributed by atoms with van der Waals surface area (Å²) < 4.78 is 11.0. The molecule has 0 bridgehead atoms. The highest BCUT2D eigenvalue weighted by Gasteiger charge is 2.02. The summed E-state index contributed by atoms with van der Waals surface area (Å²) in [6, 6.07) is 0. The molecule has 0 aromatic carbocycles. The van der Waals surface area contributed by atoms with Gasteiger partial charge in [-0.1, -0.05) is 13.3 Å². The number of carbonyl (C=O) groups is 1. The fourth-order valence-corrected chi connectivity index (χ4v) is 1.83. The first-order chi connectivity index (χ1) is 5.16. The molecule has 4 heteroatoms. The van der Waals surface area contributed by atoms with Crippen LogP contribution in [0.25, 0.3) is 0 Å². The van der Waals surface area contributed by atoms with E-state index in [0.29, 0.717) is 11.5 Å². The molecule has 0 aliphatic heterocycles. The highest BCUT2D eigenvalue weighted by molar-refractivity contribution is 7.84. The maximum Gasteiger partial charge on any atom is 0.304 e. The van der Waals surface area contributed by atoms with E-state index in [4.69, 9.17) is 5.11 Å². The maximum atomic E-state index is 11.0. The van der Waals surface area contributed by atoms with Crippen molar-refractivity contribution in [1.82, 2.24) is 0 Å². The monoisotopic (exact) mass is 178 g/mol. The highest BCUT2D eigenvalue weighted by atomic mass is 32.2. The van der Waals surface area contributed by atoms with E-state index >= 15 is 0 Å². The summed E-state index contributed by atoms with van der Waals surface area (Å²) >= 11 is 0. The Morgan fingerprint density at radius 3 is 2.55 bits per heavy atom. The van der Waals surface area contributed by atoms with E-state index in [-0.39, 0.29) is 6.42 Å². The van der Waals surface area contributed by atoms with Crippen LogP contribution in [0.1, 0.15) is 26.2 Å². The van der Waals surface area contributed by atoms with Crippen molar-refractivity contribution < 1.29 is 14.1 Å². The van der Waals surface area contributed by atoms with E-state index in [2.05, 4.69) is 0 Å². The Bertz CT molecular complexity index is 145. The standard InChI is InChI=1S/C7H14O3S/c1-2-3-5-11(10)6-4-7(8)9/h2-6H2,1H3,(H,8,9). The third kappa shape index (κ3) is 7.52. The SMILES string of the molecule is CCCCS(=O)CCC(=O)O. The number of carboxylic acid groups (broad SMARTS) is 1. The van der Waals surface area contributed by atoms with E-state index in [0.717, 1.165) is 12.8 Å². The van der Waals surface area contributed by atoms with Gasteiger partial charge < -0.3 is 5.11 Å². The van der Waals surface area contributed by atoms with Crippen LogP contribution in [0.4, 0.5) is 0 Å². The maximum absolute atomic E-state index is 11.0. The predicted octanol–water partition coefficient (Wildman–Crippen LogP) is 1.01. The quantitative estimate of drug-likeness (QED) is 0.660. The number of aliphatic carboxylic acids is 1. The first-order valence-electron chi connectivity index (χ1n) is 3.73. The lowest BCUT2D eigenvalue weighted by Gasteiger charge is -1.96. The summed E-state index contributed by atoms with van der Waals surface area (Å²) in [6.45, 7) is 2.02. The molecule has 0 amide bonds. The molecule has 0 saturated carbocycles. The molecule has 0 heterocycles. The molecule has 1 unspecified atom stereocenters. The van der Waals surface area contributed by atoms with E-state index in [9.17, 15) is 9.00 Å². The minimum Gasteiger partial charge on any atom is -0.481 e. The second-order valence-corrected chi connectivity index (χ2v) is 4.04. The van der Waals surface area contributed by atoms with E-state index in [1.165, 1.54) is 0 Å². The Balaban J connectivity index is 3.30.